The van der Waals surface area contributed by atoms with Gasteiger partial charge in [0.1, 0.15) is 9.90 Å². The van der Waals surface area contributed by atoms with E-state index >= 15 is 0 Å². The Bertz CT molecular complexity index is 537. The monoisotopic (exact) mass is 305 g/mol. The standard InChI is InChI=1S/C11H19N3O3S2/c1-14(5-6-17-7-8-3-4-8)11-9(19(2,15)16)10(12)13-18-11/h8H,3-7H2,1-2H3,(H2,12,13). The van der Waals surface area contributed by atoms with Crippen molar-refractivity contribution in [2.24, 2.45) is 5.92 Å². The molecule has 1 aliphatic rings. The van der Waals surface area contributed by atoms with Crippen molar-refractivity contribution in [2.75, 3.05) is 43.7 Å². The van der Waals surface area contributed by atoms with E-state index < -0.39 is 9.84 Å². The van der Waals surface area contributed by atoms with Crippen molar-refractivity contribution >= 4 is 32.2 Å². The van der Waals surface area contributed by atoms with Crippen LogP contribution >= 0.6 is 11.5 Å². The van der Waals surface area contributed by atoms with Crippen LogP contribution in [-0.2, 0) is 14.6 Å². The topological polar surface area (TPSA) is 85.5 Å². The van der Waals surface area contributed by atoms with Crippen LogP contribution in [-0.4, -0.2) is 45.9 Å². The summed E-state index contributed by atoms with van der Waals surface area (Å²) < 4.78 is 32.9. The molecule has 0 bridgehead atoms. The van der Waals surface area contributed by atoms with Crippen molar-refractivity contribution in [2.45, 2.75) is 17.7 Å². The molecule has 108 valence electrons. The molecule has 19 heavy (non-hydrogen) atoms. The summed E-state index contributed by atoms with van der Waals surface area (Å²) in [5.41, 5.74) is 5.63. The summed E-state index contributed by atoms with van der Waals surface area (Å²) in [6.45, 7) is 2.00. The zero-order chi connectivity index (χ0) is 14.0. The zero-order valence-electron chi connectivity index (χ0n) is 11.1. The van der Waals surface area contributed by atoms with Crippen molar-refractivity contribution in [1.29, 1.82) is 0 Å². The average molecular weight is 305 g/mol. The molecule has 2 rings (SSSR count). The minimum Gasteiger partial charge on any atom is -0.382 e. The second-order valence-corrected chi connectivity index (χ2v) is 7.62. The Morgan fingerprint density at radius 1 is 1.53 bits per heavy atom. The molecule has 0 atom stereocenters. The van der Waals surface area contributed by atoms with Crippen molar-refractivity contribution in [1.82, 2.24) is 4.37 Å². The molecule has 1 fully saturated rings. The van der Waals surface area contributed by atoms with E-state index in [2.05, 4.69) is 4.37 Å². The highest BCUT2D eigenvalue weighted by molar-refractivity contribution is 7.91. The molecule has 0 unspecified atom stereocenters. The lowest BCUT2D eigenvalue weighted by Gasteiger charge is -2.18. The Morgan fingerprint density at radius 3 is 2.79 bits per heavy atom. The van der Waals surface area contributed by atoms with E-state index in [0.29, 0.717) is 18.2 Å². The van der Waals surface area contributed by atoms with E-state index in [1.54, 1.807) is 0 Å². The van der Waals surface area contributed by atoms with Gasteiger partial charge in [0.05, 0.1) is 6.61 Å². The number of likely N-dealkylation sites (N-methyl/N-ethyl adjacent to an activating group) is 1. The van der Waals surface area contributed by atoms with Gasteiger partial charge in [-0.3, -0.25) is 0 Å². The molecule has 6 nitrogen and oxygen atoms in total. The molecule has 2 N–H and O–H groups in total. The second kappa shape index (κ2) is 5.64. The lowest BCUT2D eigenvalue weighted by Crippen LogP contribution is -2.23. The van der Waals surface area contributed by atoms with Gasteiger partial charge in [0.25, 0.3) is 0 Å². The highest BCUT2D eigenvalue weighted by Crippen LogP contribution is 2.33. The number of hydrogen-bond acceptors (Lipinski definition) is 7. The van der Waals surface area contributed by atoms with Crippen LogP contribution in [0.15, 0.2) is 4.90 Å². The number of nitrogen functional groups attached to an aromatic ring is 1. The third-order valence-corrected chi connectivity index (χ3v) is 5.25. The van der Waals surface area contributed by atoms with Gasteiger partial charge in [0, 0.05) is 26.5 Å². The van der Waals surface area contributed by atoms with Gasteiger partial charge in [-0.05, 0) is 30.3 Å². The summed E-state index contributed by atoms with van der Waals surface area (Å²) in [5.74, 6) is 0.809. The van der Waals surface area contributed by atoms with Crippen LogP contribution in [0.5, 0.6) is 0 Å². The maximum Gasteiger partial charge on any atom is 0.182 e. The van der Waals surface area contributed by atoms with Crippen molar-refractivity contribution in [3.8, 4) is 0 Å². The van der Waals surface area contributed by atoms with Gasteiger partial charge >= 0.3 is 0 Å². The van der Waals surface area contributed by atoms with Crippen LogP contribution < -0.4 is 10.6 Å². The lowest BCUT2D eigenvalue weighted by molar-refractivity contribution is 0.131. The number of aromatic nitrogens is 1. The SMILES string of the molecule is CN(CCOCC1CC1)c1snc(N)c1S(C)(=O)=O. The summed E-state index contributed by atoms with van der Waals surface area (Å²) in [4.78, 5) is 1.96. The van der Waals surface area contributed by atoms with Crippen LogP contribution in [0.25, 0.3) is 0 Å². The molecule has 0 radical (unpaired) electrons. The fraction of sp³-hybridized carbons (Fsp3) is 0.727. The number of rotatable bonds is 7. The Morgan fingerprint density at radius 2 is 2.21 bits per heavy atom. The molecule has 1 heterocycles. The number of ether oxygens (including phenoxy) is 1. The van der Waals surface area contributed by atoms with Gasteiger partial charge in [-0.15, -0.1) is 0 Å². The van der Waals surface area contributed by atoms with Crippen LogP contribution in [0.4, 0.5) is 10.8 Å². The van der Waals surface area contributed by atoms with Crippen LogP contribution in [0.2, 0.25) is 0 Å². The average Bonchev–Trinajstić information content (AvgIpc) is 3.04. The van der Waals surface area contributed by atoms with Crippen LogP contribution in [0.3, 0.4) is 0 Å². The second-order valence-electron chi connectivity index (χ2n) is 4.91. The molecule has 0 spiro atoms. The van der Waals surface area contributed by atoms with Gasteiger partial charge < -0.3 is 15.4 Å². The van der Waals surface area contributed by atoms with E-state index in [1.165, 1.54) is 12.8 Å². The maximum absolute atomic E-state index is 11.7. The third kappa shape index (κ3) is 3.80. The summed E-state index contributed by atoms with van der Waals surface area (Å²) >= 11 is 1.10. The molecular weight excluding hydrogens is 286 g/mol. The van der Waals surface area contributed by atoms with Gasteiger partial charge in [-0.25, -0.2) is 8.42 Å². The Kier molecular flexibility index (Phi) is 4.32. The summed E-state index contributed by atoms with van der Waals surface area (Å²) in [7, 11) is -1.54. The minimum absolute atomic E-state index is 0.0771. The highest BCUT2D eigenvalue weighted by Gasteiger charge is 2.24. The van der Waals surface area contributed by atoms with Crippen LogP contribution in [0.1, 0.15) is 12.8 Å². The predicted octanol–water partition coefficient (Wildman–Crippen LogP) is 0.992. The molecular formula is C11H19N3O3S2. The summed E-state index contributed by atoms with van der Waals surface area (Å²) in [6.07, 6.45) is 3.67. The van der Waals surface area contributed by atoms with E-state index in [0.717, 1.165) is 30.3 Å². The first-order chi connectivity index (χ1) is 8.89. The fourth-order valence-electron chi connectivity index (χ4n) is 1.71. The zero-order valence-corrected chi connectivity index (χ0v) is 12.8. The third-order valence-electron chi connectivity index (χ3n) is 3.00. The molecule has 1 aromatic heterocycles. The van der Waals surface area contributed by atoms with E-state index in [-0.39, 0.29) is 10.7 Å². The summed E-state index contributed by atoms with van der Waals surface area (Å²) in [5, 5.41) is 0.579. The molecule has 1 aromatic rings. The van der Waals surface area contributed by atoms with E-state index in [1.807, 2.05) is 11.9 Å². The molecule has 1 aliphatic carbocycles. The maximum atomic E-state index is 11.7. The van der Waals surface area contributed by atoms with Gasteiger partial charge in [-0.2, -0.15) is 4.37 Å². The van der Waals surface area contributed by atoms with E-state index in [4.69, 9.17) is 10.5 Å². The van der Waals surface area contributed by atoms with Crippen molar-refractivity contribution in [3.63, 3.8) is 0 Å². The Labute approximate surface area is 117 Å². The predicted molar refractivity (Wildman–Crippen MR) is 76.4 cm³/mol. The number of nitrogens with two attached hydrogens (primary N) is 1. The largest absolute Gasteiger partial charge is 0.382 e. The first-order valence-electron chi connectivity index (χ1n) is 6.13. The Balaban J connectivity index is 1.96. The molecule has 1 saturated carbocycles. The lowest BCUT2D eigenvalue weighted by atomic mass is 10.5. The van der Waals surface area contributed by atoms with Crippen LogP contribution in [0, 0.1) is 5.92 Å². The van der Waals surface area contributed by atoms with Gasteiger partial charge in [0.15, 0.2) is 15.7 Å². The minimum atomic E-state index is -3.36. The van der Waals surface area contributed by atoms with Gasteiger partial charge in [-0.1, -0.05) is 0 Å². The first kappa shape index (κ1) is 14.5. The number of anilines is 2. The van der Waals surface area contributed by atoms with Gasteiger partial charge in [0.2, 0.25) is 0 Å². The summed E-state index contributed by atoms with van der Waals surface area (Å²) in [6, 6.07) is 0. The quantitative estimate of drug-likeness (QED) is 0.756. The van der Waals surface area contributed by atoms with Crippen molar-refractivity contribution in [3.05, 3.63) is 0 Å². The van der Waals surface area contributed by atoms with Crippen molar-refractivity contribution < 1.29 is 13.2 Å². The Hall–Kier alpha value is -0.860. The smallest absolute Gasteiger partial charge is 0.182 e. The number of sulfone groups is 1. The molecule has 0 saturated heterocycles. The molecule has 8 heteroatoms. The molecule has 0 amide bonds. The molecule has 0 aliphatic heterocycles. The fourth-order valence-corrected chi connectivity index (χ4v) is 3.93. The highest BCUT2D eigenvalue weighted by atomic mass is 32.2. The molecule has 0 aromatic carbocycles. The van der Waals surface area contributed by atoms with E-state index in [9.17, 15) is 8.42 Å². The number of hydrogen-bond donors (Lipinski definition) is 1. The first-order valence-corrected chi connectivity index (χ1v) is 8.80. The number of nitrogens with zero attached hydrogens (tertiary/aromatic N) is 2. The normalized spacial score (nSPS) is 15.7.